The molecule has 0 spiro atoms. The number of rotatable bonds is 7. The number of methoxy groups -OCH3 is 1. The Kier molecular flexibility index (Phi) is 7.02. The highest BCUT2D eigenvalue weighted by molar-refractivity contribution is 7.22. The van der Waals surface area contributed by atoms with Gasteiger partial charge in [-0.3, -0.25) is 14.5 Å². The highest BCUT2D eigenvalue weighted by Gasteiger charge is 2.48. The summed E-state index contributed by atoms with van der Waals surface area (Å²) in [6.45, 7) is 2.32. The van der Waals surface area contributed by atoms with E-state index in [4.69, 9.17) is 19.2 Å². The van der Waals surface area contributed by atoms with Crippen LogP contribution >= 0.6 is 11.3 Å². The fourth-order valence-electron chi connectivity index (χ4n) is 5.71. The normalized spacial score (nSPS) is 18.8. The highest BCUT2D eigenvalue weighted by Crippen LogP contribution is 2.45. The van der Waals surface area contributed by atoms with Crippen LogP contribution in [0.3, 0.4) is 0 Å². The Morgan fingerprint density at radius 1 is 1.00 bits per heavy atom. The standard InChI is InChI=1S/C35H28N2O6S/c1-20-15-24-16-23(11-14-28(24)43-20)32(38)30-31(22-9-6-10-26(17-22)42-19-21-7-4-3-5-8-21)37(34(40)33(30)39)35-36-27-13-12-25(41-2)18-29(27)44-35/h3-14,16-18,20,31,38H,15,19H2,1-2H3/t20-,31-/m1/s1. The number of hydrogen-bond donors (Lipinski definition) is 1. The second kappa shape index (κ2) is 11.2. The van der Waals surface area contributed by atoms with E-state index in [-0.39, 0.29) is 17.4 Å². The van der Waals surface area contributed by atoms with Gasteiger partial charge in [0.15, 0.2) is 5.13 Å². The molecule has 0 unspecified atom stereocenters. The predicted octanol–water partition coefficient (Wildman–Crippen LogP) is 6.83. The summed E-state index contributed by atoms with van der Waals surface area (Å²) in [5.41, 5.74) is 3.63. The first-order chi connectivity index (χ1) is 21.4. The maximum Gasteiger partial charge on any atom is 0.301 e. The van der Waals surface area contributed by atoms with Crippen LogP contribution in [0, 0.1) is 0 Å². The molecule has 2 aliphatic heterocycles. The van der Waals surface area contributed by atoms with E-state index < -0.39 is 17.7 Å². The van der Waals surface area contributed by atoms with E-state index in [1.54, 1.807) is 31.4 Å². The number of amides is 1. The summed E-state index contributed by atoms with van der Waals surface area (Å²) in [5, 5.41) is 12.0. The third-order valence-corrected chi connectivity index (χ3v) is 8.84. The first-order valence-corrected chi connectivity index (χ1v) is 15.0. The van der Waals surface area contributed by atoms with E-state index in [0.717, 1.165) is 21.6 Å². The fourth-order valence-corrected chi connectivity index (χ4v) is 6.73. The van der Waals surface area contributed by atoms with Crippen LogP contribution in [-0.4, -0.2) is 35.0 Å². The number of nitrogens with zero attached hydrogens (tertiary/aromatic N) is 2. The molecule has 1 aromatic heterocycles. The number of anilines is 1. The molecule has 44 heavy (non-hydrogen) atoms. The molecule has 1 N–H and O–H groups in total. The lowest BCUT2D eigenvalue weighted by Crippen LogP contribution is -2.29. The Balaban J connectivity index is 1.34. The smallest absolute Gasteiger partial charge is 0.301 e. The first-order valence-electron chi connectivity index (χ1n) is 14.2. The molecule has 220 valence electrons. The van der Waals surface area contributed by atoms with Gasteiger partial charge in [0.05, 0.1) is 28.9 Å². The summed E-state index contributed by atoms with van der Waals surface area (Å²) < 4.78 is 18.1. The number of fused-ring (bicyclic) bond motifs is 2. The molecule has 0 aliphatic carbocycles. The van der Waals surface area contributed by atoms with Crippen LogP contribution in [0.25, 0.3) is 16.0 Å². The van der Waals surface area contributed by atoms with Crippen LogP contribution in [0.2, 0.25) is 0 Å². The molecule has 9 heteroatoms. The van der Waals surface area contributed by atoms with Crippen LogP contribution in [0.15, 0.2) is 96.6 Å². The summed E-state index contributed by atoms with van der Waals surface area (Å²) in [7, 11) is 1.58. The zero-order valence-corrected chi connectivity index (χ0v) is 24.8. The lowest BCUT2D eigenvalue weighted by atomic mass is 9.94. The van der Waals surface area contributed by atoms with Crippen molar-refractivity contribution >= 4 is 44.1 Å². The van der Waals surface area contributed by atoms with E-state index >= 15 is 0 Å². The predicted molar refractivity (Wildman–Crippen MR) is 168 cm³/mol. The summed E-state index contributed by atoms with van der Waals surface area (Å²) in [6, 6.07) is 26.9. The second-order valence-corrected chi connectivity index (χ2v) is 11.8. The molecule has 0 bridgehead atoms. The number of aliphatic hydroxyl groups is 1. The first kappa shape index (κ1) is 27.7. The number of thiazole rings is 1. The Labute approximate surface area is 257 Å². The maximum atomic E-state index is 13.8. The van der Waals surface area contributed by atoms with Gasteiger partial charge in [0, 0.05) is 12.0 Å². The quantitative estimate of drug-likeness (QED) is 0.123. The Morgan fingerprint density at radius 2 is 1.84 bits per heavy atom. The lowest BCUT2D eigenvalue weighted by molar-refractivity contribution is -0.132. The largest absolute Gasteiger partial charge is 0.507 e. The monoisotopic (exact) mass is 604 g/mol. The van der Waals surface area contributed by atoms with Crippen molar-refractivity contribution in [3.63, 3.8) is 0 Å². The topological polar surface area (TPSA) is 98.2 Å². The fraction of sp³-hybridized carbons (Fsp3) is 0.171. The molecule has 2 aliphatic rings. The Morgan fingerprint density at radius 3 is 2.66 bits per heavy atom. The Bertz CT molecular complexity index is 1950. The SMILES string of the molecule is COc1ccc2nc(N3C(=O)C(=O)C(=C(O)c4ccc5c(c4)C[C@@H](C)O5)[C@H]3c3cccc(OCc4ccccc4)c3)sc2c1. The number of carbonyl (C=O) groups excluding carboxylic acids is 2. The van der Waals surface area contributed by atoms with Gasteiger partial charge in [-0.2, -0.15) is 0 Å². The molecular formula is C35H28N2O6S. The average Bonchev–Trinajstić information content (AvgIpc) is 3.71. The molecule has 3 heterocycles. The van der Waals surface area contributed by atoms with Crippen molar-refractivity contribution in [2.24, 2.45) is 0 Å². The number of benzene rings is 4. The van der Waals surface area contributed by atoms with Gasteiger partial charge in [-0.15, -0.1) is 0 Å². The zero-order valence-electron chi connectivity index (χ0n) is 24.0. The zero-order chi connectivity index (χ0) is 30.4. The molecule has 7 rings (SSSR count). The van der Waals surface area contributed by atoms with Crippen LogP contribution in [0.5, 0.6) is 17.2 Å². The van der Waals surface area contributed by atoms with Crippen LogP contribution < -0.4 is 19.1 Å². The second-order valence-electron chi connectivity index (χ2n) is 10.8. The highest BCUT2D eigenvalue weighted by atomic mass is 32.1. The molecule has 0 radical (unpaired) electrons. The van der Waals surface area contributed by atoms with Gasteiger partial charge < -0.3 is 19.3 Å². The maximum absolute atomic E-state index is 13.8. The number of carbonyl (C=O) groups is 2. The van der Waals surface area contributed by atoms with Crippen LogP contribution in [0.1, 0.15) is 35.2 Å². The van der Waals surface area contributed by atoms with Gasteiger partial charge in [0.1, 0.15) is 35.7 Å². The van der Waals surface area contributed by atoms with Crippen molar-refractivity contribution in [3.05, 3.63) is 119 Å². The third kappa shape index (κ3) is 4.95. The minimum absolute atomic E-state index is 0.0149. The number of ether oxygens (including phenoxy) is 3. The summed E-state index contributed by atoms with van der Waals surface area (Å²) in [5.74, 6) is 0.163. The van der Waals surface area contributed by atoms with E-state index in [1.165, 1.54) is 16.2 Å². The molecule has 1 amide bonds. The number of aliphatic hydroxyl groups excluding tert-OH is 1. The van der Waals surface area contributed by atoms with E-state index in [0.29, 0.717) is 46.3 Å². The van der Waals surface area contributed by atoms with Crippen molar-refractivity contribution in [3.8, 4) is 17.2 Å². The summed E-state index contributed by atoms with van der Waals surface area (Å²) in [4.78, 5) is 33.6. The van der Waals surface area contributed by atoms with Crippen molar-refractivity contribution in [2.45, 2.75) is 32.1 Å². The third-order valence-electron chi connectivity index (χ3n) is 7.83. The molecule has 1 fully saturated rings. The van der Waals surface area contributed by atoms with Gasteiger partial charge >= 0.3 is 5.91 Å². The number of Topliss-reactive ketones (excluding diaryl/α,β-unsaturated/α-hetero) is 1. The van der Waals surface area contributed by atoms with E-state index in [2.05, 4.69) is 0 Å². The van der Waals surface area contributed by atoms with Crippen molar-refractivity contribution in [2.75, 3.05) is 12.0 Å². The lowest BCUT2D eigenvalue weighted by Gasteiger charge is -2.23. The molecule has 0 saturated carbocycles. The molecule has 1 saturated heterocycles. The van der Waals surface area contributed by atoms with Gasteiger partial charge in [-0.25, -0.2) is 4.98 Å². The van der Waals surface area contributed by atoms with Crippen molar-refractivity contribution in [1.29, 1.82) is 0 Å². The minimum atomic E-state index is -0.943. The van der Waals surface area contributed by atoms with E-state index in [9.17, 15) is 14.7 Å². The number of aromatic nitrogens is 1. The van der Waals surface area contributed by atoms with Crippen molar-refractivity contribution < 1.29 is 28.9 Å². The van der Waals surface area contributed by atoms with Gasteiger partial charge in [0.25, 0.3) is 5.78 Å². The van der Waals surface area contributed by atoms with Gasteiger partial charge in [0.2, 0.25) is 0 Å². The summed E-state index contributed by atoms with van der Waals surface area (Å²) >= 11 is 1.28. The molecule has 5 aromatic rings. The van der Waals surface area contributed by atoms with Gasteiger partial charge in [-0.05, 0) is 72.1 Å². The minimum Gasteiger partial charge on any atom is -0.507 e. The summed E-state index contributed by atoms with van der Waals surface area (Å²) in [6.07, 6.45) is 0.703. The van der Waals surface area contributed by atoms with Crippen LogP contribution in [-0.2, 0) is 22.6 Å². The molecule has 2 atom stereocenters. The molecular weight excluding hydrogens is 576 g/mol. The van der Waals surface area contributed by atoms with Gasteiger partial charge in [-0.1, -0.05) is 53.8 Å². The molecule has 4 aromatic carbocycles. The van der Waals surface area contributed by atoms with E-state index in [1.807, 2.05) is 73.7 Å². The van der Waals surface area contributed by atoms with Crippen LogP contribution in [0.4, 0.5) is 5.13 Å². The molecule has 8 nitrogen and oxygen atoms in total. The average molecular weight is 605 g/mol. The number of ketones is 1. The number of hydrogen-bond acceptors (Lipinski definition) is 8. The Hall–Kier alpha value is -5.15. The van der Waals surface area contributed by atoms with Crippen molar-refractivity contribution in [1.82, 2.24) is 4.98 Å².